The summed E-state index contributed by atoms with van der Waals surface area (Å²) in [5, 5.41) is 9.59. The molecule has 154 valence electrons. The predicted molar refractivity (Wildman–Crippen MR) is 126 cm³/mol. The lowest BCUT2D eigenvalue weighted by Crippen LogP contribution is -2.38. The van der Waals surface area contributed by atoms with E-state index in [9.17, 15) is 4.79 Å². The lowest BCUT2D eigenvalue weighted by Gasteiger charge is -2.13. The molecule has 0 saturated heterocycles. The first-order valence-electron chi connectivity index (χ1n) is 9.65. The summed E-state index contributed by atoms with van der Waals surface area (Å²) in [6, 6.07) is 11.9. The first-order chi connectivity index (χ1) is 13.1. The number of hydrogen-bond donors (Lipinski definition) is 3. The topological polar surface area (TPSA) is 70.4 Å². The van der Waals surface area contributed by atoms with Crippen LogP contribution in [0.4, 0.5) is 0 Å². The first-order valence-corrected chi connectivity index (χ1v) is 9.65. The Hall–Kier alpha value is -2.03. The molecule has 0 spiro atoms. The van der Waals surface area contributed by atoms with Crippen LogP contribution in [-0.2, 0) is 13.1 Å². The van der Waals surface area contributed by atoms with Crippen molar-refractivity contribution in [1.82, 2.24) is 20.5 Å². The van der Waals surface area contributed by atoms with E-state index in [4.69, 9.17) is 0 Å². The van der Waals surface area contributed by atoms with Gasteiger partial charge in [-0.3, -0.25) is 4.79 Å². The Morgan fingerprint density at radius 1 is 1.14 bits per heavy atom. The van der Waals surface area contributed by atoms with Crippen molar-refractivity contribution in [2.75, 3.05) is 13.1 Å². The Kier molecular flexibility index (Phi) is 11.3. The molecule has 7 heteroatoms. The maximum atomic E-state index is 12.3. The number of carbonyl (C=O) groups excluding carboxylic acids is 1. The summed E-state index contributed by atoms with van der Waals surface area (Å²) in [6.07, 6.45) is 5.00. The number of halogens is 1. The van der Waals surface area contributed by atoms with Gasteiger partial charge >= 0.3 is 0 Å². The fraction of sp³-hybridized carbons (Fsp3) is 0.429. The summed E-state index contributed by atoms with van der Waals surface area (Å²) < 4.78 is 2.12. The van der Waals surface area contributed by atoms with E-state index in [0.29, 0.717) is 12.1 Å². The average Bonchev–Trinajstić information content (AvgIpc) is 3.19. The van der Waals surface area contributed by atoms with Gasteiger partial charge in [-0.15, -0.1) is 24.0 Å². The summed E-state index contributed by atoms with van der Waals surface area (Å²) in [6.45, 7) is 9.09. The van der Waals surface area contributed by atoms with Crippen LogP contribution in [0.3, 0.4) is 0 Å². The molecule has 1 atom stereocenters. The zero-order chi connectivity index (χ0) is 19.5. The second kappa shape index (κ2) is 13.2. The van der Waals surface area contributed by atoms with Crippen molar-refractivity contribution in [3.63, 3.8) is 0 Å². The third-order valence-corrected chi connectivity index (χ3v) is 4.27. The minimum absolute atomic E-state index is 0. The second-order valence-corrected chi connectivity index (χ2v) is 6.53. The monoisotopic (exact) mass is 497 g/mol. The van der Waals surface area contributed by atoms with Crippen molar-refractivity contribution >= 4 is 35.8 Å². The molecule has 0 radical (unpaired) electrons. The van der Waals surface area contributed by atoms with Crippen LogP contribution < -0.4 is 16.0 Å². The van der Waals surface area contributed by atoms with Gasteiger partial charge < -0.3 is 20.5 Å². The lowest BCUT2D eigenvalue weighted by atomic mass is 10.1. The molecular weight excluding hydrogens is 465 g/mol. The smallest absolute Gasteiger partial charge is 0.251 e. The maximum Gasteiger partial charge on any atom is 0.251 e. The molecule has 2 aromatic rings. The van der Waals surface area contributed by atoms with Gasteiger partial charge in [0.1, 0.15) is 0 Å². The highest BCUT2D eigenvalue weighted by molar-refractivity contribution is 14.0. The van der Waals surface area contributed by atoms with Crippen molar-refractivity contribution in [3.05, 3.63) is 59.9 Å². The fourth-order valence-electron chi connectivity index (χ4n) is 2.55. The van der Waals surface area contributed by atoms with Gasteiger partial charge in [0.15, 0.2) is 5.96 Å². The van der Waals surface area contributed by atoms with Gasteiger partial charge in [0.2, 0.25) is 0 Å². The molecule has 0 saturated carbocycles. The Balaban J connectivity index is 0.00000392. The van der Waals surface area contributed by atoms with E-state index in [1.807, 2.05) is 62.6 Å². The summed E-state index contributed by atoms with van der Waals surface area (Å²) >= 11 is 0. The quantitative estimate of drug-likeness (QED) is 0.283. The number of carbonyl (C=O) groups is 1. The molecule has 0 bridgehead atoms. The molecule has 0 aliphatic rings. The SMILES string of the molecule is CCNC(=NCc1cccc(C(=O)NC(C)CC)c1)NCCn1cccc1.I. The van der Waals surface area contributed by atoms with Crippen LogP contribution in [0.1, 0.15) is 43.1 Å². The van der Waals surface area contributed by atoms with Gasteiger partial charge in [-0.05, 0) is 50.1 Å². The lowest BCUT2D eigenvalue weighted by molar-refractivity contribution is 0.0939. The van der Waals surface area contributed by atoms with E-state index in [2.05, 4.69) is 32.4 Å². The van der Waals surface area contributed by atoms with E-state index >= 15 is 0 Å². The normalized spacial score (nSPS) is 12.0. The third kappa shape index (κ3) is 8.33. The van der Waals surface area contributed by atoms with Gasteiger partial charge in [-0.25, -0.2) is 4.99 Å². The van der Waals surface area contributed by atoms with Crippen LogP contribution in [-0.4, -0.2) is 35.6 Å². The molecule has 6 nitrogen and oxygen atoms in total. The van der Waals surface area contributed by atoms with Crippen LogP contribution in [0.15, 0.2) is 53.8 Å². The Morgan fingerprint density at radius 3 is 2.57 bits per heavy atom. The standard InChI is InChI=1S/C21H31N5O.HI/c1-4-17(3)25-20(27)19-10-8-9-18(15-19)16-24-21(22-5-2)23-11-14-26-12-6-7-13-26;/h6-10,12-13,15,17H,4-5,11,14,16H2,1-3H3,(H,25,27)(H2,22,23,24);1H. The van der Waals surface area contributed by atoms with Gasteiger partial charge in [-0.1, -0.05) is 19.1 Å². The minimum atomic E-state index is -0.0352. The largest absolute Gasteiger partial charge is 0.357 e. The minimum Gasteiger partial charge on any atom is -0.357 e. The number of hydrogen-bond acceptors (Lipinski definition) is 2. The predicted octanol–water partition coefficient (Wildman–Crippen LogP) is 3.39. The fourth-order valence-corrected chi connectivity index (χ4v) is 2.55. The highest BCUT2D eigenvalue weighted by atomic mass is 127. The van der Waals surface area contributed by atoms with Crippen LogP contribution in [0.2, 0.25) is 0 Å². The van der Waals surface area contributed by atoms with Gasteiger partial charge in [0.25, 0.3) is 5.91 Å². The first kappa shape index (κ1) is 24.0. The van der Waals surface area contributed by atoms with Gasteiger partial charge in [0.05, 0.1) is 6.54 Å². The molecule has 0 aliphatic carbocycles. The number of aliphatic imine (C=N–C) groups is 1. The molecule has 1 amide bonds. The third-order valence-electron chi connectivity index (χ3n) is 4.27. The Morgan fingerprint density at radius 2 is 1.89 bits per heavy atom. The van der Waals surface area contributed by atoms with Crippen molar-refractivity contribution in [3.8, 4) is 0 Å². The van der Waals surface area contributed by atoms with E-state index in [1.165, 1.54) is 0 Å². The number of rotatable bonds is 9. The molecule has 1 heterocycles. The van der Waals surface area contributed by atoms with Crippen molar-refractivity contribution < 1.29 is 4.79 Å². The Labute approximate surface area is 185 Å². The number of benzene rings is 1. The van der Waals surface area contributed by atoms with Gasteiger partial charge in [0, 0.05) is 43.6 Å². The molecule has 2 rings (SSSR count). The van der Waals surface area contributed by atoms with Crippen LogP contribution in [0.25, 0.3) is 0 Å². The maximum absolute atomic E-state index is 12.3. The molecule has 1 aromatic heterocycles. The van der Waals surface area contributed by atoms with Crippen molar-refractivity contribution in [1.29, 1.82) is 0 Å². The molecule has 28 heavy (non-hydrogen) atoms. The van der Waals surface area contributed by atoms with Crippen molar-refractivity contribution in [2.45, 2.75) is 46.3 Å². The molecule has 1 aromatic carbocycles. The van der Waals surface area contributed by atoms with E-state index in [-0.39, 0.29) is 35.9 Å². The highest BCUT2D eigenvalue weighted by Gasteiger charge is 2.09. The van der Waals surface area contributed by atoms with E-state index in [1.54, 1.807) is 0 Å². The number of nitrogens with one attached hydrogen (secondary N) is 3. The Bertz CT molecular complexity index is 730. The highest BCUT2D eigenvalue weighted by Crippen LogP contribution is 2.07. The summed E-state index contributed by atoms with van der Waals surface area (Å²) in [4.78, 5) is 16.9. The van der Waals surface area contributed by atoms with Crippen LogP contribution in [0, 0.1) is 0 Å². The molecule has 0 aliphatic heterocycles. The van der Waals surface area contributed by atoms with Crippen LogP contribution >= 0.6 is 24.0 Å². The van der Waals surface area contributed by atoms with E-state index in [0.717, 1.165) is 37.6 Å². The molecule has 3 N–H and O–H groups in total. The summed E-state index contributed by atoms with van der Waals surface area (Å²) in [5.74, 6) is 0.742. The van der Waals surface area contributed by atoms with Crippen LogP contribution in [0.5, 0.6) is 0 Å². The zero-order valence-corrected chi connectivity index (χ0v) is 19.3. The van der Waals surface area contributed by atoms with E-state index < -0.39 is 0 Å². The number of aromatic nitrogens is 1. The number of guanidine groups is 1. The second-order valence-electron chi connectivity index (χ2n) is 6.53. The summed E-state index contributed by atoms with van der Waals surface area (Å²) in [7, 11) is 0. The zero-order valence-electron chi connectivity index (χ0n) is 16.9. The summed E-state index contributed by atoms with van der Waals surface area (Å²) in [5.41, 5.74) is 1.68. The molecular formula is C21H32IN5O. The number of amides is 1. The van der Waals surface area contributed by atoms with Crippen molar-refractivity contribution in [2.24, 2.45) is 4.99 Å². The molecule has 1 unspecified atom stereocenters. The average molecular weight is 497 g/mol. The number of nitrogens with zero attached hydrogens (tertiary/aromatic N) is 2. The molecule has 0 fully saturated rings. The van der Waals surface area contributed by atoms with Gasteiger partial charge in [-0.2, -0.15) is 0 Å².